The maximum absolute atomic E-state index is 13.5. The molecule has 1 aliphatic rings. The van der Waals surface area contributed by atoms with Crippen molar-refractivity contribution < 1.29 is 27.6 Å². The molecule has 1 heterocycles. The Kier molecular flexibility index (Phi) is 13.7. The molecule has 2 aromatic rings. The molecule has 1 fully saturated rings. The van der Waals surface area contributed by atoms with Crippen LogP contribution in [0.3, 0.4) is 0 Å². The minimum absolute atomic E-state index is 0.0554. The van der Waals surface area contributed by atoms with Crippen LogP contribution in [0.5, 0.6) is 0 Å². The monoisotopic (exact) mass is 605 g/mol. The highest BCUT2D eigenvalue weighted by molar-refractivity contribution is 5.89. The number of hydrogen-bond acceptors (Lipinski definition) is 5. The van der Waals surface area contributed by atoms with Gasteiger partial charge in [-0.3, -0.25) is 14.4 Å². The highest BCUT2D eigenvalue weighted by Gasteiger charge is 2.40. The molecule has 0 aromatic heterocycles. The van der Waals surface area contributed by atoms with E-state index in [1.54, 1.807) is 18.9 Å². The summed E-state index contributed by atoms with van der Waals surface area (Å²) in [5, 5.41) is 5.72. The minimum atomic E-state index is -4.21. The first-order valence-electron chi connectivity index (χ1n) is 14.6. The normalized spacial score (nSPS) is 15.7. The number of carbonyl (C=O) groups excluding carboxylic acids is 3. The topological polar surface area (TPSA) is 108 Å². The average Bonchev–Trinajstić information content (AvgIpc) is 3.41. The van der Waals surface area contributed by atoms with Crippen LogP contribution in [-0.2, 0) is 27.0 Å². The van der Waals surface area contributed by atoms with Crippen molar-refractivity contribution in [2.24, 2.45) is 11.1 Å². The van der Waals surface area contributed by atoms with Gasteiger partial charge in [0, 0.05) is 25.7 Å². The first-order valence-corrected chi connectivity index (χ1v) is 14.6. The molecule has 0 aliphatic carbocycles. The number of rotatable bonds is 10. The number of likely N-dealkylation sites (N-methyl/N-ethyl adjacent to an activating group) is 1. The summed E-state index contributed by atoms with van der Waals surface area (Å²) in [4.78, 5) is 41.9. The van der Waals surface area contributed by atoms with Gasteiger partial charge < -0.3 is 26.2 Å². The Morgan fingerprint density at radius 2 is 1.67 bits per heavy atom. The molecule has 1 saturated heterocycles. The molecular weight excluding hydrogens is 559 g/mol. The summed E-state index contributed by atoms with van der Waals surface area (Å²) in [5.74, 6) is -0.415. The lowest BCUT2D eigenvalue weighted by molar-refractivity contribution is -0.141. The first-order chi connectivity index (χ1) is 20.2. The Labute approximate surface area is 253 Å². The van der Waals surface area contributed by atoms with Crippen LogP contribution < -0.4 is 16.4 Å². The smallest absolute Gasteiger partial charge is 0.343 e. The first kappa shape index (κ1) is 35.8. The van der Waals surface area contributed by atoms with E-state index in [9.17, 15) is 27.6 Å². The number of aryl methyl sites for hydroxylation is 1. The number of amides is 3. The van der Waals surface area contributed by atoms with E-state index in [1.165, 1.54) is 12.1 Å². The van der Waals surface area contributed by atoms with Crippen LogP contribution in [0.2, 0.25) is 0 Å². The number of nitrogens with two attached hydrogens (primary N) is 1. The number of nitrogens with zero attached hydrogens (tertiary/aromatic N) is 2. The lowest BCUT2D eigenvalue weighted by Crippen LogP contribution is -2.58. The van der Waals surface area contributed by atoms with Gasteiger partial charge in [0.15, 0.2) is 0 Å². The summed E-state index contributed by atoms with van der Waals surface area (Å²) in [6.45, 7) is 9.33. The van der Waals surface area contributed by atoms with E-state index >= 15 is 0 Å². The molecule has 238 valence electrons. The molecule has 0 saturated carbocycles. The van der Waals surface area contributed by atoms with Gasteiger partial charge >= 0.3 is 6.18 Å². The van der Waals surface area contributed by atoms with Crippen LogP contribution in [0.1, 0.15) is 50.3 Å². The van der Waals surface area contributed by atoms with Crippen molar-refractivity contribution in [2.75, 3.05) is 39.8 Å². The molecule has 8 nitrogen and oxygen atoms in total. The highest BCUT2D eigenvalue weighted by Crippen LogP contribution is 2.29. The SMILES string of the molecule is CNCC(=O)NC(C(=O)N1CCCC1CN(CCc1ccccc1)C(=O)CN)C(C)(C)C.Cc1ccc(C(F)(F)F)cc1. The number of nitrogens with one attached hydrogen (secondary N) is 2. The van der Waals surface area contributed by atoms with E-state index in [-0.39, 0.29) is 36.9 Å². The standard InChI is InChI=1S/C24H39N5O3.C8H7F3/c1-24(2,3)22(27-20(30)16-26-4)23(32)29-13-8-11-19(29)17-28(21(31)15-25)14-12-18-9-6-5-7-10-18;1-6-2-4-7(5-3-6)8(9,10)11/h5-7,9-10,19,22,26H,8,11-17,25H2,1-4H3,(H,27,30);2-5H,1H3. The molecule has 0 spiro atoms. The van der Waals surface area contributed by atoms with Crippen molar-refractivity contribution in [1.29, 1.82) is 0 Å². The van der Waals surface area contributed by atoms with E-state index in [0.717, 1.165) is 42.5 Å². The second-order valence-corrected chi connectivity index (χ2v) is 11.9. The lowest BCUT2D eigenvalue weighted by Gasteiger charge is -2.37. The molecule has 1 aliphatic heterocycles. The van der Waals surface area contributed by atoms with E-state index in [4.69, 9.17) is 5.73 Å². The molecule has 0 bridgehead atoms. The molecule has 2 aromatic carbocycles. The Balaban J connectivity index is 0.000000490. The molecule has 3 rings (SSSR count). The number of alkyl halides is 3. The third kappa shape index (κ3) is 11.6. The van der Waals surface area contributed by atoms with Gasteiger partial charge in [0.1, 0.15) is 6.04 Å². The average molecular weight is 606 g/mol. The zero-order valence-corrected chi connectivity index (χ0v) is 25.8. The molecular formula is C32H46F3N5O3. The third-order valence-corrected chi connectivity index (χ3v) is 7.27. The summed E-state index contributed by atoms with van der Waals surface area (Å²) in [6, 6.07) is 14.3. The van der Waals surface area contributed by atoms with Crippen LogP contribution in [0.4, 0.5) is 13.2 Å². The van der Waals surface area contributed by atoms with E-state index in [1.807, 2.05) is 56.0 Å². The summed E-state index contributed by atoms with van der Waals surface area (Å²) >= 11 is 0. The van der Waals surface area contributed by atoms with Gasteiger partial charge in [0.2, 0.25) is 17.7 Å². The molecule has 2 atom stereocenters. The van der Waals surface area contributed by atoms with Gasteiger partial charge in [0.25, 0.3) is 0 Å². The molecule has 2 unspecified atom stereocenters. The van der Waals surface area contributed by atoms with E-state index < -0.39 is 23.2 Å². The number of carbonyl (C=O) groups is 3. The summed E-state index contributed by atoms with van der Waals surface area (Å²) < 4.78 is 35.8. The number of halogens is 3. The maximum atomic E-state index is 13.5. The van der Waals surface area contributed by atoms with Crippen LogP contribution in [0, 0.1) is 12.3 Å². The van der Waals surface area contributed by atoms with Crippen LogP contribution in [0.25, 0.3) is 0 Å². The van der Waals surface area contributed by atoms with Crippen molar-refractivity contribution in [2.45, 2.75) is 65.2 Å². The van der Waals surface area contributed by atoms with Crippen molar-refractivity contribution >= 4 is 17.7 Å². The predicted octanol–water partition coefficient (Wildman–Crippen LogP) is 3.77. The lowest BCUT2D eigenvalue weighted by atomic mass is 9.85. The Morgan fingerprint density at radius 3 is 2.21 bits per heavy atom. The third-order valence-electron chi connectivity index (χ3n) is 7.27. The van der Waals surface area contributed by atoms with Crippen molar-refractivity contribution in [3.63, 3.8) is 0 Å². The Hall–Kier alpha value is -3.44. The minimum Gasteiger partial charge on any atom is -0.343 e. The summed E-state index contributed by atoms with van der Waals surface area (Å²) in [7, 11) is 1.70. The molecule has 0 radical (unpaired) electrons. The van der Waals surface area contributed by atoms with Crippen LogP contribution in [-0.4, -0.2) is 79.4 Å². The highest BCUT2D eigenvalue weighted by atomic mass is 19.4. The fourth-order valence-electron chi connectivity index (χ4n) is 4.86. The van der Waals surface area contributed by atoms with Gasteiger partial charge in [0.05, 0.1) is 18.7 Å². The van der Waals surface area contributed by atoms with E-state index in [0.29, 0.717) is 19.6 Å². The second-order valence-electron chi connectivity index (χ2n) is 11.9. The maximum Gasteiger partial charge on any atom is 0.416 e. The number of benzene rings is 2. The van der Waals surface area contributed by atoms with Gasteiger partial charge in [-0.2, -0.15) is 13.2 Å². The fraction of sp³-hybridized carbons (Fsp3) is 0.531. The van der Waals surface area contributed by atoms with E-state index in [2.05, 4.69) is 10.6 Å². The van der Waals surface area contributed by atoms with Gasteiger partial charge in [-0.05, 0) is 56.3 Å². The molecule has 3 amide bonds. The summed E-state index contributed by atoms with van der Waals surface area (Å²) in [5.41, 5.74) is 6.63. The van der Waals surface area contributed by atoms with Gasteiger partial charge in [-0.15, -0.1) is 0 Å². The Bertz CT molecular complexity index is 1170. The zero-order chi connectivity index (χ0) is 32.2. The molecule has 11 heteroatoms. The largest absolute Gasteiger partial charge is 0.416 e. The van der Waals surface area contributed by atoms with Crippen molar-refractivity contribution in [3.8, 4) is 0 Å². The molecule has 43 heavy (non-hydrogen) atoms. The van der Waals surface area contributed by atoms with Crippen LogP contribution in [0.15, 0.2) is 54.6 Å². The Morgan fingerprint density at radius 1 is 1.05 bits per heavy atom. The van der Waals surface area contributed by atoms with Crippen molar-refractivity contribution in [1.82, 2.24) is 20.4 Å². The van der Waals surface area contributed by atoms with Gasteiger partial charge in [-0.1, -0.05) is 68.8 Å². The van der Waals surface area contributed by atoms with Crippen molar-refractivity contribution in [3.05, 3.63) is 71.3 Å². The number of hydrogen-bond donors (Lipinski definition) is 3. The quantitative estimate of drug-likeness (QED) is 0.382. The van der Waals surface area contributed by atoms with Crippen LogP contribution >= 0.6 is 0 Å². The predicted molar refractivity (Wildman–Crippen MR) is 162 cm³/mol. The fourth-order valence-corrected chi connectivity index (χ4v) is 4.86. The summed E-state index contributed by atoms with van der Waals surface area (Å²) in [6.07, 6.45) is -1.78. The van der Waals surface area contributed by atoms with Gasteiger partial charge in [-0.25, -0.2) is 0 Å². The second kappa shape index (κ2) is 16.4. The number of likely N-dealkylation sites (tertiary alicyclic amines) is 1. The molecule has 4 N–H and O–H groups in total. The zero-order valence-electron chi connectivity index (χ0n) is 25.8.